The van der Waals surface area contributed by atoms with E-state index >= 15 is 0 Å². The standard InChI is InChI=1S/C11H16O3/c1-7(2)8-4-9(6-12)11(13)10(5-8)14-3/h4-5,7,12-13H,6H2,1-3H3. The molecular weight excluding hydrogens is 180 g/mol. The lowest BCUT2D eigenvalue weighted by Crippen LogP contribution is -1.95. The summed E-state index contributed by atoms with van der Waals surface area (Å²) in [4.78, 5) is 0. The third kappa shape index (κ3) is 1.99. The summed E-state index contributed by atoms with van der Waals surface area (Å²) in [6.07, 6.45) is 0. The number of benzene rings is 1. The molecular formula is C11H16O3. The highest BCUT2D eigenvalue weighted by Gasteiger charge is 2.11. The van der Waals surface area contributed by atoms with E-state index in [2.05, 4.69) is 0 Å². The number of hydrogen-bond acceptors (Lipinski definition) is 3. The van der Waals surface area contributed by atoms with Crippen molar-refractivity contribution in [3.05, 3.63) is 23.3 Å². The number of hydrogen-bond donors (Lipinski definition) is 2. The molecule has 0 spiro atoms. The number of aromatic hydroxyl groups is 1. The largest absolute Gasteiger partial charge is 0.504 e. The van der Waals surface area contributed by atoms with Crippen LogP contribution in [0, 0.1) is 0 Å². The van der Waals surface area contributed by atoms with Crippen molar-refractivity contribution in [3.63, 3.8) is 0 Å². The van der Waals surface area contributed by atoms with E-state index in [9.17, 15) is 5.11 Å². The minimum atomic E-state index is -0.178. The van der Waals surface area contributed by atoms with Crippen LogP contribution < -0.4 is 4.74 Å². The molecule has 0 unspecified atom stereocenters. The van der Waals surface area contributed by atoms with Crippen LogP contribution in [0.2, 0.25) is 0 Å². The molecule has 0 atom stereocenters. The molecule has 14 heavy (non-hydrogen) atoms. The Hall–Kier alpha value is -1.22. The minimum absolute atomic E-state index is 0.0272. The van der Waals surface area contributed by atoms with E-state index in [0.717, 1.165) is 5.56 Å². The first-order valence-electron chi connectivity index (χ1n) is 4.60. The van der Waals surface area contributed by atoms with Gasteiger partial charge in [-0.15, -0.1) is 0 Å². The summed E-state index contributed by atoms with van der Waals surface area (Å²) in [5.41, 5.74) is 1.55. The SMILES string of the molecule is COc1cc(C(C)C)cc(CO)c1O. The van der Waals surface area contributed by atoms with Crippen molar-refractivity contribution in [2.24, 2.45) is 0 Å². The zero-order valence-corrected chi connectivity index (χ0v) is 8.74. The highest BCUT2D eigenvalue weighted by molar-refractivity contribution is 5.48. The summed E-state index contributed by atoms with van der Waals surface area (Å²) >= 11 is 0. The van der Waals surface area contributed by atoms with Crippen molar-refractivity contribution in [1.82, 2.24) is 0 Å². The van der Waals surface area contributed by atoms with Gasteiger partial charge in [-0.1, -0.05) is 13.8 Å². The summed E-state index contributed by atoms with van der Waals surface area (Å²) in [5.74, 6) is 0.787. The van der Waals surface area contributed by atoms with Gasteiger partial charge in [-0.05, 0) is 23.6 Å². The second-order valence-corrected chi connectivity index (χ2v) is 3.54. The average molecular weight is 196 g/mol. The molecule has 2 N–H and O–H groups in total. The monoisotopic (exact) mass is 196 g/mol. The smallest absolute Gasteiger partial charge is 0.163 e. The second kappa shape index (κ2) is 4.33. The minimum Gasteiger partial charge on any atom is -0.504 e. The van der Waals surface area contributed by atoms with E-state index in [1.54, 1.807) is 12.1 Å². The van der Waals surface area contributed by atoms with Crippen LogP contribution >= 0.6 is 0 Å². The third-order valence-corrected chi connectivity index (χ3v) is 2.23. The Morgan fingerprint density at radius 3 is 2.43 bits per heavy atom. The van der Waals surface area contributed by atoms with Crippen LogP contribution in [0.15, 0.2) is 12.1 Å². The normalized spacial score (nSPS) is 10.6. The van der Waals surface area contributed by atoms with Crippen molar-refractivity contribution in [3.8, 4) is 11.5 Å². The molecule has 1 aromatic rings. The fourth-order valence-electron chi connectivity index (χ4n) is 1.30. The van der Waals surface area contributed by atoms with Gasteiger partial charge in [-0.2, -0.15) is 0 Å². The Labute approximate surface area is 84.0 Å². The summed E-state index contributed by atoms with van der Waals surface area (Å²) < 4.78 is 5.02. The molecule has 0 aliphatic rings. The molecule has 3 heteroatoms. The van der Waals surface area contributed by atoms with Gasteiger partial charge in [-0.25, -0.2) is 0 Å². The van der Waals surface area contributed by atoms with Gasteiger partial charge in [0.05, 0.1) is 13.7 Å². The van der Waals surface area contributed by atoms with E-state index in [4.69, 9.17) is 9.84 Å². The number of ether oxygens (including phenoxy) is 1. The average Bonchev–Trinajstić information content (AvgIpc) is 2.17. The summed E-state index contributed by atoms with van der Waals surface area (Å²) in [7, 11) is 1.50. The lowest BCUT2D eigenvalue weighted by Gasteiger charge is -2.12. The van der Waals surface area contributed by atoms with E-state index in [1.807, 2.05) is 13.8 Å². The number of methoxy groups -OCH3 is 1. The van der Waals surface area contributed by atoms with Gasteiger partial charge < -0.3 is 14.9 Å². The summed E-state index contributed by atoms with van der Waals surface area (Å²) in [5, 5.41) is 18.6. The van der Waals surface area contributed by atoms with Crippen LogP contribution in [0.1, 0.15) is 30.9 Å². The number of aliphatic hydroxyl groups excluding tert-OH is 1. The Morgan fingerprint density at radius 1 is 1.36 bits per heavy atom. The van der Waals surface area contributed by atoms with Crippen LogP contribution in [0.25, 0.3) is 0 Å². The van der Waals surface area contributed by atoms with E-state index in [-0.39, 0.29) is 12.4 Å². The maximum Gasteiger partial charge on any atom is 0.163 e. The Bertz CT molecular complexity index is 293. The van der Waals surface area contributed by atoms with Gasteiger partial charge in [0.25, 0.3) is 0 Å². The Morgan fingerprint density at radius 2 is 2.00 bits per heavy atom. The summed E-state index contributed by atoms with van der Waals surface area (Å²) in [6, 6.07) is 3.58. The quantitative estimate of drug-likeness (QED) is 0.777. The van der Waals surface area contributed by atoms with Crippen molar-refractivity contribution in [1.29, 1.82) is 0 Å². The molecule has 0 heterocycles. The van der Waals surface area contributed by atoms with Crippen LogP contribution in [0.3, 0.4) is 0 Å². The lowest BCUT2D eigenvalue weighted by molar-refractivity contribution is 0.272. The van der Waals surface area contributed by atoms with Crippen LogP contribution in [0.4, 0.5) is 0 Å². The maximum absolute atomic E-state index is 9.61. The molecule has 1 aromatic carbocycles. The second-order valence-electron chi connectivity index (χ2n) is 3.54. The molecule has 0 saturated carbocycles. The third-order valence-electron chi connectivity index (χ3n) is 2.23. The van der Waals surface area contributed by atoms with Gasteiger partial charge in [0, 0.05) is 5.56 Å². The zero-order chi connectivity index (χ0) is 10.7. The van der Waals surface area contributed by atoms with Gasteiger partial charge in [0.2, 0.25) is 0 Å². The van der Waals surface area contributed by atoms with Crippen molar-refractivity contribution in [2.45, 2.75) is 26.4 Å². The highest BCUT2D eigenvalue weighted by atomic mass is 16.5. The van der Waals surface area contributed by atoms with Crippen LogP contribution in [-0.4, -0.2) is 17.3 Å². The fraction of sp³-hybridized carbons (Fsp3) is 0.455. The number of aliphatic hydroxyl groups is 1. The summed E-state index contributed by atoms with van der Waals surface area (Å²) in [6.45, 7) is 3.92. The van der Waals surface area contributed by atoms with E-state index < -0.39 is 0 Å². The molecule has 1 rings (SSSR count). The van der Waals surface area contributed by atoms with Gasteiger partial charge in [0.1, 0.15) is 0 Å². The van der Waals surface area contributed by atoms with Crippen LogP contribution in [-0.2, 0) is 6.61 Å². The maximum atomic E-state index is 9.61. The molecule has 0 aliphatic heterocycles. The Balaban J connectivity index is 3.25. The molecule has 0 saturated heterocycles. The van der Waals surface area contributed by atoms with Crippen molar-refractivity contribution in [2.75, 3.05) is 7.11 Å². The first-order chi connectivity index (χ1) is 6.60. The molecule has 78 valence electrons. The molecule has 3 nitrogen and oxygen atoms in total. The predicted molar refractivity (Wildman–Crippen MR) is 54.7 cm³/mol. The molecule has 0 amide bonds. The van der Waals surface area contributed by atoms with Gasteiger partial charge in [-0.3, -0.25) is 0 Å². The van der Waals surface area contributed by atoms with Crippen molar-refractivity contribution >= 4 is 0 Å². The molecule has 0 bridgehead atoms. The molecule has 0 radical (unpaired) electrons. The first-order valence-corrected chi connectivity index (χ1v) is 4.60. The fourth-order valence-corrected chi connectivity index (χ4v) is 1.30. The number of rotatable bonds is 3. The van der Waals surface area contributed by atoms with Gasteiger partial charge >= 0.3 is 0 Å². The number of phenols is 1. The lowest BCUT2D eigenvalue weighted by atomic mass is 10.00. The topological polar surface area (TPSA) is 49.7 Å². The first kappa shape index (κ1) is 10.9. The molecule has 0 aliphatic carbocycles. The molecule has 0 aromatic heterocycles. The highest BCUT2D eigenvalue weighted by Crippen LogP contribution is 2.33. The van der Waals surface area contributed by atoms with Crippen molar-refractivity contribution < 1.29 is 14.9 Å². The van der Waals surface area contributed by atoms with Crippen LogP contribution in [0.5, 0.6) is 11.5 Å². The zero-order valence-electron chi connectivity index (χ0n) is 8.74. The molecule has 0 fully saturated rings. The van der Waals surface area contributed by atoms with E-state index in [1.165, 1.54) is 7.11 Å². The van der Waals surface area contributed by atoms with E-state index in [0.29, 0.717) is 17.2 Å². The Kier molecular flexibility index (Phi) is 3.36. The van der Waals surface area contributed by atoms with Gasteiger partial charge in [0.15, 0.2) is 11.5 Å². The predicted octanol–water partition coefficient (Wildman–Crippen LogP) is 2.02.